The highest BCUT2D eigenvalue weighted by Crippen LogP contribution is 2.35. The summed E-state index contributed by atoms with van der Waals surface area (Å²) in [5, 5.41) is 6.28. The summed E-state index contributed by atoms with van der Waals surface area (Å²) in [5.74, 6) is 2.15. The molecule has 0 unspecified atom stereocenters. The second-order valence-electron chi connectivity index (χ2n) is 6.08. The molecule has 26 heavy (non-hydrogen) atoms. The number of hydrogen-bond donors (Lipinski definition) is 2. The first-order chi connectivity index (χ1) is 12.8. The Morgan fingerprint density at radius 2 is 2.00 bits per heavy atom. The molecule has 5 nitrogen and oxygen atoms in total. The lowest BCUT2D eigenvalue weighted by Gasteiger charge is -2.13. The van der Waals surface area contributed by atoms with Crippen LogP contribution in [0.25, 0.3) is 17.2 Å². The molecule has 0 bridgehead atoms. The topological polar surface area (TPSA) is 59.1 Å². The van der Waals surface area contributed by atoms with Crippen molar-refractivity contribution in [1.82, 2.24) is 9.97 Å². The largest absolute Gasteiger partial charge is 0.496 e. The van der Waals surface area contributed by atoms with E-state index in [2.05, 4.69) is 57.0 Å². The Morgan fingerprint density at radius 1 is 1.08 bits per heavy atom. The molecule has 0 spiro atoms. The van der Waals surface area contributed by atoms with Crippen molar-refractivity contribution in [2.75, 3.05) is 24.8 Å². The summed E-state index contributed by atoms with van der Waals surface area (Å²) in [7, 11) is 3.53. The van der Waals surface area contributed by atoms with Crippen molar-refractivity contribution >= 4 is 23.5 Å². The van der Waals surface area contributed by atoms with Crippen LogP contribution < -0.4 is 15.4 Å². The number of hydrogen-bond acceptors (Lipinski definition) is 5. The number of nitrogens with one attached hydrogen (secondary N) is 2. The summed E-state index contributed by atoms with van der Waals surface area (Å²) in [6.45, 7) is 0. The number of rotatable bonds is 5. The van der Waals surface area contributed by atoms with Gasteiger partial charge in [-0.3, -0.25) is 0 Å². The summed E-state index contributed by atoms with van der Waals surface area (Å²) in [4.78, 5) is 8.68. The van der Waals surface area contributed by atoms with Crippen LogP contribution in [0.5, 0.6) is 5.75 Å². The van der Waals surface area contributed by atoms with Crippen molar-refractivity contribution in [2.45, 2.75) is 6.42 Å². The quantitative estimate of drug-likeness (QED) is 0.713. The summed E-state index contributed by atoms with van der Waals surface area (Å²) in [6.07, 6.45) is 7.06. The molecule has 0 atom stereocenters. The molecule has 0 saturated heterocycles. The highest BCUT2D eigenvalue weighted by molar-refractivity contribution is 5.78. The lowest BCUT2D eigenvalue weighted by atomic mass is 9.99. The predicted octanol–water partition coefficient (Wildman–Crippen LogP) is 4.51. The van der Waals surface area contributed by atoms with E-state index in [-0.39, 0.29) is 0 Å². The van der Waals surface area contributed by atoms with Crippen molar-refractivity contribution < 1.29 is 4.74 Å². The Morgan fingerprint density at radius 3 is 2.85 bits per heavy atom. The fraction of sp³-hybridized carbons (Fsp3) is 0.143. The monoisotopic (exact) mass is 344 g/mol. The van der Waals surface area contributed by atoms with E-state index in [0.717, 1.165) is 34.8 Å². The van der Waals surface area contributed by atoms with Crippen LogP contribution in [0.3, 0.4) is 0 Å². The molecule has 0 fully saturated rings. The summed E-state index contributed by atoms with van der Waals surface area (Å²) in [6, 6.07) is 14.3. The lowest BCUT2D eigenvalue weighted by molar-refractivity contribution is 0.416. The molecule has 0 saturated carbocycles. The van der Waals surface area contributed by atoms with E-state index < -0.39 is 0 Å². The van der Waals surface area contributed by atoms with Crippen LogP contribution in [-0.2, 0) is 6.42 Å². The van der Waals surface area contributed by atoms with Crippen molar-refractivity contribution in [1.29, 1.82) is 0 Å². The van der Waals surface area contributed by atoms with Gasteiger partial charge in [0, 0.05) is 24.5 Å². The minimum Gasteiger partial charge on any atom is -0.496 e. The molecular formula is C21H20N4O. The molecule has 1 aromatic heterocycles. The fourth-order valence-corrected chi connectivity index (χ4v) is 3.12. The SMILES string of the molecule is CNc1ccnc(Nc2ccc(OC)c(-c3ccc4c(c3)CC=C4)c2)n1. The van der Waals surface area contributed by atoms with Crippen LogP contribution >= 0.6 is 0 Å². The number of nitrogens with zero attached hydrogens (tertiary/aromatic N) is 2. The predicted molar refractivity (Wildman–Crippen MR) is 106 cm³/mol. The van der Waals surface area contributed by atoms with Gasteiger partial charge < -0.3 is 15.4 Å². The van der Waals surface area contributed by atoms with Crippen molar-refractivity contribution in [3.63, 3.8) is 0 Å². The Labute approximate surface area is 152 Å². The van der Waals surface area contributed by atoms with Crippen LogP contribution in [0, 0.1) is 0 Å². The van der Waals surface area contributed by atoms with Crippen LogP contribution in [0.2, 0.25) is 0 Å². The van der Waals surface area contributed by atoms with E-state index in [1.54, 1.807) is 13.3 Å². The molecule has 1 heterocycles. The second-order valence-corrected chi connectivity index (χ2v) is 6.08. The second kappa shape index (κ2) is 6.88. The normalized spacial score (nSPS) is 11.9. The van der Waals surface area contributed by atoms with Gasteiger partial charge in [-0.05, 0) is 47.4 Å². The van der Waals surface area contributed by atoms with Crippen LogP contribution in [0.1, 0.15) is 11.1 Å². The van der Waals surface area contributed by atoms with Crippen LogP contribution in [-0.4, -0.2) is 24.1 Å². The molecule has 0 aliphatic heterocycles. The molecular weight excluding hydrogens is 324 g/mol. The Kier molecular flexibility index (Phi) is 4.27. The molecule has 3 aromatic rings. The van der Waals surface area contributed by atoms with Gasteiger partial charge in [0.25, 0.3) is 0 Å². The average Bonchev–Trinajstić information content (AvgIpc) is 3.16. The van der Waals surface area contributed by atoms with Gasteiger partial charge in [-0.2, -0.15) is 4.98 Å². The summed E-state index contributed by atoms with van der Waals surface area (Å²) in [5.41, 5.74) is 5.72. The summed E-state index contributed by atoms with van der Waals surface area (Å²) >= 11 is 0. The number of allylic oxidation sites excluding steroid dienone is 1. The number of anilines is 3. The number of methoxy groups -OCH3 is 1. The Balaban J connectivity index is 1.69. The molecule has 1 aliphatic rings. The maximum absolute atomic E-state index is 5.58. The van der Waals surface area contributed by atoms with Crippen LogP contribution in [0.4, 0.5) is 17.5 Å². The van der Waals surface area contributed by atoms with E-state index in [9.17, 15) is 0 Å². The molecule has 0 amide bonds. The van der Waals surface area contributed by atoms with Gasteiger partial charge in [0.2, 0.25) is 5.95 Å². The zero-order valence-corrected chi connectivity index (χ0v) is 14.8. The molecule has 130 valence electrons. The van der Waals surface area contributed by atoms with E-state index in [4.69, 9.17) is 4.74 Å². The zero-order valence-electron chi connectivity index (χ0n) is 14.8. The highest BCUT2D eigenvalue weighted by atomic mass is 16.5. The molecule has 5 heteroatoms. The number of benzene rings is 2. The van der Waals surface area contributed by atoms with E-state index in [1.165, 1.54) is 11.1 Å². The highest BCUT2D eigenvalue weighted by Gasteiger charge is 2.12. The Bertz CT molecular complexity index is 981. The van der Waals surface area contributed by atoms with Crippen molar-refractivity contribution in [3.05, 3.63) is 65.9 Å². The first-order valence-electron chi connectivity index (χ1n) is 8.52. The van der Waals surface area contributed by atoms with E-state index >= 15 is 0 Å². The maximum Gasteiger partial charge on any atom is 0.229 e. The molecule has 2 N–H and O–H groups in total. The standard InChI is InChI=1S/C21H20N4O/c1-22-20-10-11-23-21(25-20)24-17-8-9-19(26-2)18(13-17)16-7-6-14-4-3-5-15(14)12-16/h3-4,6-13H,5H2,1-2H3,(H2,22,23,24,25). The minimum atomic E-state index is 0.547. The molecule has 0 radical (unpaired) electrons. The van der Waals surface area contributed by atoms with E-state index in [1.807, 2.05) is 25.2 Å². The van der Waals surface area contributed by atoms with Gasteiger partial charge in [-0.25, -0.2) is 4.98 Å². The van der Waals surface area contributed by atoms with Crippen molar-refractivity contribution in [3.8, 4) is 16.9 Å². The maximum atomic E-state index is 5.58. The third-order valence-electron chi connectivity index (χ3n) is 4.46. The van der Waals surface area contributed by atoms with Gasteiger partial charge in [0.15, 0.2) is 0 Å². The number of ether oxygens (including phenoxy) is 1. The van der Waals surface area contributed by atoms with Gasteiger partial charge in [0.05, 0.1) is 7.11 Å². The van der Waals surface area contributed by atoms with Crippen LogP contribution in [0.15, 0.2) is 54.7 Å². The summed E-state index contributed by atoms with van der Waals surface area (Å²) < 4.78 is 5.58. The van der Waals surface area contributed by atoms with E-state index in [0.29, 0.717) is 5.95 Å². The smallest absolute Gasteiger partial charge is 0.229 e. The first-order valence-corrected chi connectivity index (χ1v) is 8.52. The Hall–Kier alpha value is -3.34. The molecule has 2 aromatic carbocycles. The molecule has 4 rings (SSSR count). The zero-order chi connectivity index (χ0) is 17.9. The first kappa shape index (κ1) is 16.1. The lowest BCUT2D eigenvalue weighted by Crippen LogP contribution is -2.00. The van der Waals surface area contributed by atoms with Gasteiger partial charge in [0.1, 0.15) is 11.6 Å². The minimum absolute atomic E-state index is 0.547. The van der Waals surface area contributed by atoms with Crippen molar-refractivity contribution in [2.24, 2.45) is 0 Å². The van der Waals surface area contributed by atoms with Gasteiger partial charge in [-0.1, -0.05) is 30.4 Å². The fourth-order valence-electron chi connectivity index (χ4n) is 3.12. The molecule has 1 aliphatic carbocycles. The third-order valence-corrected chi connectivity index (χ3v) is 4.46. The third kappa shape index (κ3) is 3.11. The average molecular weight is 344 g/mol. The van der Waals surface area contributed by atoms with Gasteiger partial charge in [-0.15, -0.1) is 0 Å². The number of fused-ring (bicyclic) bond motifs is 1. The van der Waals surface area contributed by atoms with Gasteiger partial charge >= 0.3 is 0 Å². The number of aromatic nitrogens is 2.